The summed E-state index contributed by atoms with van der Waals surface area (Å²) >= 11 is 1.32. The van der Waals surface area contributed by atoms with Crippen LogP contribution in [0.15, 0.2) is 29.4 Å². The Morgan fingerprint density at radius 2 is 2.26 bits per heavy atom. The topological polar surface area (TPSA) is 90.2 Å². The lowest BCUT2D eigenvalue weighted by Crippen LogP contribution is -2.23. The quantitative estimate of drug-likeness (QED) is 0.530. The Kier molecular flexibility index (Phi) is 5.49. The minimum Gasteiger partial charge on any atom is -0.376 e. The average molecular weight is 387 g/mol. The van der Waals surface area contributed by atoms with E-state index in [1.54, 1.807) is 21.7 Å². The molecule has 0 aliphatic carbocycles. The number of benzene rings is 1. The number of ether oxygens (including phenoxy) is 1. The van der Waals surface area contributed by atoms with Gasteiger partial charge in [0.1, 0.15) is 0 Å². The number of anilines is 1. The van der Waals surface area contributed by atoms with Gasteiger partial charge in [0, 0.05) is 30.8 Å². The van der Waals surface area contributed by atoms with Crippen LogP contribution < -0.4 is 4.90 Å². The summed E-state index contributed by atoms with van der Waals surface area (Å²) in [5, 5.41) is 12.4. The summed E-state index contributed by atoms with van der Waals surface area (Å²) in [5.74, 6) is 0.339. The molecule has 0 N–H and O–H groups in total. The maximum Gasteiger partial charge on any atom is 0.227 e. The van der Waals surface area contributed by atoms with Gasteiger partial charge >= 0.3 is 0 Å². The van der Waals surface area contributed by atoms with Gasteiger partial charge in [-0.25, -0.2) is 4.68 Å². The van der Waals surface area contributed by atoms with Crippen LogP contribution in [0, 0.1) is 0 Å². The second-order valence-electron chi connectivity index (χ2n) is 6.69. The molecule has 0 saturated carbocycles. The lowest BCUT2D eigenvalue weighted by Gasteiger charge is -2.16. The largest absolute Gasteiger partial charge is 0.376 e. The Balaban J connectivity index is 1.38. The average Bonchev–Trinajstić information content (AvgIpc) is 3.43. The molecule has 27 heavy (non-hydrogen) atoms. The van der Waals surface area contributed by atoms with E-state index in [4.69, 9.17) is 4.74 Å². The molecule has 0 spiro atoms. The fourth-order valence-electron chi connectivity index (χ4n) is 3.38. The molecular formula is C18H21N5O3S. The Morgan fingerprint density at radius 3 is 3.04 bits per heavy atom. The second kappa shape index (κ2) is 8.18. The third kappa shape index (κ3) is 4.19. The molecule has 9 heteroatoms. The number of aromatic nitrogens is 4. The maximum absolute atomic E-state index is 12.6. The number of amides is 1. The first-order chi connectivity index (χ1) is 13.2. The van der Waals surface area contributed by atoms with Crippen molar-refractivity contribution in [2.45, 2.75) is 43.5 Å². The first kappa shape index (κ1) is 18.1. The molecule has 2 fully saturated rings. The highest BCUT2D eigenvalue weighted by atomic mass is 32.2. The summed E-state index contributed by atoms with van der Waals surface area (Å²) in [6.07, 6.45) is 3.63. The molecule has 3 heterocycles. The van der Waals surface area contributed by atoms with Gasteiger partial charge in [-0.05, 0) is 41.8 Å². The van der Waals surface area contributed by atoms with Gasteiger partial charge in [0.25, 0.3) is 0 Å². The van der Waals surface area contributed by atoms with Crippen molar-refractivity contribution in [2.24, 2.45) is 0 Å². The highest BCUT2D eigenvalue weighted by Gasteiger charge is 2.23. The molecule has 2 aliphatic rings. The van der Waals surface area contributed by atoms with Crippen LogP contribution in [0.1, 0.15) is 36.0 Å². The molecule has 1 aromatic carbocycles. The number of hydrogen-bond acceptors (Lipinski definition) is 7. The number of tetrazole rings is 1. The van der Waals surface area contributed by atoms with Crippen molar-refractivity contribution in [3.63, 3.8) is 0 Å². The molecule has 2 aliphatic heterocycles. The smallest absolute Gasteiger partial charge is 0.227 e. The number of Topliss-reactive ketones (excluding diaryl/α,β-unsaturated/α-hetero) is 1. The fraction of sp³-hybridized carbons (Fsp3) is 0.500. The molecule has 2 aromatic rings. The van der Waals surface area contributed by atoms with E-state index in [1.807, 2.05) is 12.1 Å². The third-order valence-corrected chi connectivity index (χ3v) is 5.74. The van der Waals surface area contributed by atoms with Crippen molar-refractivity contribution < 1.29 is 14.3 Å². The zero-order valence-electron chi connectivity index (χ0n) is 14.9. The lowest BCUT2D eigenvalue weighted by atomic mass is 10.1. The van der Waals surface area contributed by atoms with Gasteiger partial charge in [-0.15, -0.1) is 5.10 Å². The van der Waals surface area contributed by atoms with Crippen LogP contribution in [0.5, 0.6) is 0 Å². The molecular weight excluding hydrogens is 366 g/mol. The molecule has 1 amide bonds. The molecule has 0 unspecified atom stereocenters. The van der Waals surface area contributed by atoms with Crippen molar-refractivity contribution in [3.8, 4) is 0 Å². The van der Waals surface area contributed by atoms with Crippen LogP contribution in [-0.2, 0) is 16.1 Å². The van der Waals surface area contributed by atoms with Crippen LogP contribution in [0.3, 0.4) is 0 Å². The molecule has 4 rings (SSSR count). The van der Waals surface area contributed by atoms with E-state index in [-0.39, 0.29) is 23.5 Å². The van der Waals surface area contributed by atoms with Crippen molar-refractivity contribution in [1.82, 2.24) is 20.2 Å². The van der Waals surface area contributed by atoms with Crippen molar-refractivity contribution >= 4 is 29.1 Å². The van der Waals surface area contributed by atoms with E-state index in [1.165, 1.54) is 11.8 Å². The first-order valence-electron chi connectivity index (χ1n) is 9.15. The molecule has 8 nitrogen and oxygen atoms in total. The summed E-state index contributed by atoms with van der Waals surface area (Å²) in [5.41, 5.74) is 1.38. The second-order valence-corrected chi connectivity index (χ2v) is 7.63. The minimum absolute atomic E-state index is 0.0137. The summed E-state index contributed by atoms with van der Waals surface area (Å²) in [6.45, 7) is 2.10. The summed E-state index contributed by atoms with van der Waals surface area (Å²) < 4.78 is 7.32. The van der Waals surface area contributed by atoms with E-state index in [9.17, 15) is 9.59 Å². The van der Waals surface area contributed by atoms with Gasteiger partial charge in [0.05, 0.1) is 18.4 Å². The molecule has 2 saturated heterocycles. The first-order valence-corrected chi connectivity index (χ1v) is 10.1. The molecule has 0 radical (unpaired) electrons. The number of carbonyl (C=O) groups is 2. The standard InChI is InChI=1S/C18H21N5O3S/c24-16(13-4-1-5-14(10-13)22-8-2-7-17(22)25)12-27-18-19-20-21-23(18)11-15-6-3-9-26-15/h1,4-5,10,15H,2-3,6-9,11-12H2/t15-/m1/s1. The Labute approximate surface area is 161 Å². The zero-order valence-corrected chi connectivity index (χ0v) is 15.7. The molecule has 0 bridgehead atoms. The normalized spacial score (nSPS) is 19.8. The fourth-order valence-corrected chi connectivity index (χ4v) is 4.16. The van der Waals surface area contributed by atoms with Gasteiger partial charge in [-0.2, -0.15) is 0 Å². The van der Waals surface area contributed by atoms with Crippen molar-refractivity contribution in [2.75, 3.05) is 23.8 Å². The number of carbonyl (C=O) groups excluding carboxylic acids is 2. The number of thioether (sulfide) groups is 1. The number of rotatable bonds is 7. The monoisotopic (exact) mass is 387 g/mol. The van der Waals surface area contributed by atoms with Crippen molar-refractivity contribution in [3.05, 3.63) is 29.8 Å². The third-order valence-electron chi connectivity index (χ3n) is 4.79. The Hall–Kier alpha value is -2.26. The van der Waals surface area contributed by atoms with Gasteiger partial charge in [-0.3, -0.25) is 9.59 Å². The van der Waals surface area contributed by atoms with Crippen LogP contribution >= 0.6 is 11.8 Å². The van der Waals surface area contributed by atoms with Gasteiger partial charge in [0.15, 0.2) is 5.78 Å². The molecule has 1 atom stereocenters. The lowest BCUT2D eigenvalue weighted by molar-refractivity contribution is -0.117. The highest BCUT2D eigenvalue weighted by Crippen LogP contribution is 2.24. The Morgan fingerprint density at radius 1 is 1.33 bits per heavy atom. The predicted octanol–water partition coefficient (Wildman–Crippen LogP) is 1.95. The van der Waals surface area contributed by atoms with E-state index in [0.29, 0.717) is 30.2 Å². The van der Waals surface area contributed by atoms with Crippen molar-refractivity contribution in [1.29, 1.82) is 0 Å². The zero-order chi connectivity index (χ0) is 18.6. The van der Waals surface area contributed by atoms with Crippen LogP contribution in [-0.4, -0.2) is 56.9 Å². The number of ketones is 1. The van der Waals surface area contributed by atoms with Crippen LogP contribution in [0.2, 0.25) is 0 Å². The van der Waals surface area contributed by atoms with Gasteiger partial charge < -0.3 is 9.64 Å². The Bertz CT molecular complexity index is 834. The summed E-state index contributed by atoms with van der Waals surface area (Å²) in [6, 6.07) is 7.26. The number of nitrogens with zero attached hydrogens (tertiary/aromatic N) is 5. The highest BCUT2D eigenvalue weighted by molar-refractivity contribution is 7.99. The van der Waals surface area contributed by atoms with E-state index in [2.05, 4.69) is 15.5 Å². The van der Waals surface area contributed by atoms with Crippen LogP contribution in [0.25, 0.3) is 0 Å². The summed E-state index contributed by atoms with van der Waals surface area (Å²) in [4.78, 5) is 26.3. The molecule has 142 valence electrons. The van der Waals surface area contributed by atoms with E-state index >= 15 is 0 Å². The maximum atomic E-state index is 12.6. The SMILES string of the molecule is O=C(CSc1nnnn1C[C@H]1CCCO1)c1cccc(N2CCCC2=O)c1. The van der Waals surface area contributed by atoms with Gasteiger partial charge in [0.2, 0.25) is 11.1 Å². The molecule has 1 aromatic heterocycles. The van der Waals surface area contributed by atoms with Gasteiger partial charge in [-0.1, -0.05) is 23.9 Å². The van der Waals surface area contributed by atoms with E-state index < -0.39 is 0 Å². The number of hydrogen-bond donors (Lipinski definition) is 0. The minimum atomic E-state index is -0.0137. The summed E-state index contributed by atoms with van der Waals surface area (Å²) in [7, 11) is 0. The van der Waals surface area contributed by atoms with Crippen LogP contribution in [0.4, 0.5) is 5.69 Å². The predicted molar refractivity (Wildman–Crippen MR) is 99.9 cm³/mol. The van der Waals surface area contributed by atoms with E-state index in [0.717, 1.165) is 31.6 Å².